The summed E-state index contributed by atoms with van der Waals surface area (Å²) in [6.07, 6.45) is 1.91. The Morgan fingerprint density at radius 3 is 2.24 bits per heavy atom. The monoisotopic (exact) mass is 615 g/mol. The molecule has 0 aliphatic rings. The Morgan fingerprint density at radius 2 is 1.64 bits per heavy atom. The molecule has 0 aliphatic heterocycles. The Bertz CT molecular complexity index is 1470. The minimum atomic E-state index is -3.99. The van der Waals surface area contributed by atoms with E-state index < -0.39 is 28.5 Å². The molecule has 0 saturated heterocycles. The maximum Gasteiger partial charge on any atom is 0.244 e. The number of halogens is 1. The second kappa shape index (κ2) is 14.9. The maximum absolute atomic E-state index is 14.3. The zero-order valence-electron chi connectivity index (χ0n) is 24.5. The molecule has 2 atom stereocenters. The summed E-state index contributed by atoms with van der Waals surface area (Å²) in [7, 11) is -1.12. The van der Waals surface area contributed by atoms with Crippen molar-refractivity contribution in [2.24, 2.45) is 0 Å². The van der Waals surface area contributed by atoms with Gasteiger partial charge in [-0.3, -0.25) is 13.9 Å². The molecule has 226 valence electrons. The summed E-state index contributed by atoms with van der Waals surface area (Å²) in [6.45, 7) is 3.24. The Balaban J connectivity index is 2.12. The molecule has 0 aliphatic carbocycles. The molecule has 0 spiro atoms. The Morgan fingerprint density at radius 1 is 0.976 bits per heavy atom. The molecule has 3 rings (SSSR count). The van der Waals surface area contributed by atoms with Crippen molar-refractivity contribution in [3.8, 4) is 11.5 Å². The molecular formula is C31H38ClN3O6S. The number of methoxy groups -OCH3 is 2. The number of sulfonamides is 1. The standard InChI is InChI=1S/C31H38ClN3O6S/c1-6-22(2)33-31(37)28(18-23-12-8-7-9-13-23)34(20-24-14-10-11-15-26(24)32)30(36)21-35(42(5,38)39)27-19-25(40-3)16-17-29(27)41-4/h7-17,19,22,28H,6,18,20-21H2,1-5H3,(H,33,37)/t22-,28+/m0/s1. The number of nitrogens with zero attached hydrogens (tertiary/aromatic N) is 2. The summed E-state index contributed by atoms with van der Waals surface area (Å²) in [4.78, 5) is 29.4. The second-order valence-corrected chi connectivity index (χ2v) is 12.3. The summed E-state index contributed by atoms with van der Waals surface area (Å²) in [5.41, 5.74) is 1.59. The average Bonchev–Trinajstić information content (AvgIpc) is 2.97. The van der Waals surface area contributed by atoms with E-state index in [0.717, 1.165) is 16.1 Å². The van der Waals surface area contributed by atoms with Crippen LogP contribution in [0.4, 0.5) is 5.69 Å². The number of benzene rings is 3. The summed E-state index contributed by atoms with van der Waals surface area (Å²) >= 11 is 6.50. The van der Waals surface area contributed by atoms with Gasteiger partial charge in [0.25, 0.3) is 0 Å². The number of carbonyl (C=O) groups excluding carboxylic acids is 2. The van der Waals surface area contributed by atoms with Crippen LogP contribution < -0.4 is 19.1 Å². The van der Waals surface area contributed by atoms with Crippen molar-refractivity contribution >= 4 is 39.1 Å². The van der Waals surface area contributed by atoms with Crippen LogP contribution in [0.3, 0.4) is 0 Å². The zero-order chi connectivity index (χ0) is 30.9. The molecule has 1 N–H and O–H groups in total. The third-order valence-corrected chi connectivity index (χ3v) is 8.40. The number of hydrogen-bond donors (Lipinski definition) is 1. The first-order valence-electron chi connectivity index (χ1n) is 13.5. The lowest BCUT2D eigenvalue weighted by molar-refractivity contribution is -0.140. The molecule has 2 amide bonds. The van der Waals surface area contributed by atoms with Gasteiger partial charge in [-0.25, -0.2) is 8.42 Å². The lowest BCUT2D eigenvalue weighted by Crippen LogP contribution is -2.54. The van der Waals surface area contributed by atoms with Crippen LogP contribution in [0.2, 0.25) is 5.02 Å². The van der Waals surface area contributed by atoms with E-state index in [1.165, 1.54) is 25.2 Å². The number of hydrogen-bond acceptors (Lipinski definition) is 6. The first-order valence-corrected chi connectivity index (χ1v) is 15.8. The van der Waals surface area contributed by atoms with Crippen LogP contribution in [-0.2, 0) is 32.6 Å². The second-order valence-electron chi connectivity index (χ2n) is 9.94. The predicted molar refractivity (Wildman–Crippen MR) is 166 cm³/mol. The van der Waals surface area contributed by atoms with Crippen LogP contribution >= 0.6 is 11.6 Å². The predicted octanol–water partition coefficient (Wildman–Crippen LogP) is 4.68. The molecule has 0 unspecified atom stereocenters. The van der Waals surface area contributed by atoms with Crippen LogP contribution in [-0.4, -0.2) is 64.2 Å². The zero-order valence-corrected chi connectivity index (χ0v) is 26.1. The Kier molecular flexibility index (Phi) is 11.6. The number of amides is 2. The first kappa shape index (κ1) is 32.8. The number of ether oxygens (including phenoxy) is 2. The highest BCUT2D eigenvalue weighted by Crippen LogP contribution is 2.34. The van der Waals surface area contributed by atoms with Gasteiger partial charge < -0.3 is 19.7 Å². The van der Waals surface area contributed by atoms with Gasteiger partial charge in [0.15, 0.2) is 0 Å². The van der Waals surface area contributed by atoms with Gasteiger partial charge >= 0.3 is 0 Å². The fourth-order valence-electron chi connectivity index (χ4n) is 4.39. The fourth-order valence-corrected chi connectivity index (χ4v) is 5.43. The Labute approximate surface area is 253 Å². The highest BCUT2D eigenvalue weighted by atomic mass is 35.5. The first-order chi connectivity index (χ1) is 20.0. The van der Waals surface area contributed by atoms with E-state index in [2.05, 4.69) is 5.32 Å². The summed E-state index contributed by atoms with van der Waals surface area (Å²) < 4.78 is 37.9. The van der Waals surface area contributed by atoms with Gasteiger partial charge in [-0.1, -0.05) is 67.1 Å². The molecule has 0 heterocycles. The summed E-state index contributed by atoms with van der Waals surface area (Å²) in [5.74, 6) is -0.319. The molecule has 3 aromatic rings. The molecule has 0 aromatic heterocycles. The van der Waals surface area contributed by atoms with Crippen LogP contribution in [0.15, 0.2) is 72.8 Å². The third-order valence-electron chi connectivity index (χ3n) is 6.90. The van der Waals surface area contributed by atoms with E-state index in [1.54, 1.807) is 36.4 Å². The lowest BCUT2D eigenvalue weighted by Gasteiger charge is -2.34. The van der Waals surface area contributed by atoms with Crippen LogP contribution in [0.5, 0.6) is 11.5 Å². The van der Waals surface area contributed by atoms with E-state index in [-0.39, 0.29) is 36.4 Å². The van der Waals surface area contributed by atoms with Gasteiger partial charge in [0.05, 0.1) is 26.2 Å². The van der Waals surface area contributed by atoms with Crippen molar-refractivity contribution in [3.05, 3.63) is 88.9 Å². The summed E-state index contributed by atoms with van der Waals surface area (Å²) in [5, 5.41) is 3.42. The van der Waals surface area contributed by atoms with Crippen molar-refractivity contribution in [3.63, 3.8) is 0 Å². The molecule has 3 aromatic carbocycles. The molecular weight excluding hydrogens is 578 g/mol. The van der Waals surface area contributed by atoms with Crippen molar-refractivity contribution in [2.75, 3.05) is 31.3 Å². The maximum atomic E-state index is 14.3. The van der Waals surface area contributed by atoms with Crippen LogP contribution in [0.1, 0.15) is 31.4 Å². The number of carbonyl (C=O) groups is 2. The van der Waals surface area contributed by atoms with Crippen molar-refractivity contribution in [1.82, 2.24) is 10.2 Å². The number of nitrogens with one attached hydrogen (secondary N) is 1. The molecule has 9 nitrogen and oxygen atoms in total. The van der Waals surface area contributed by atoms with Gasteiger partial charge in [-0.2, -0.15) is 0 Å². The third kappa shape index (κ3) is 8.62. The highest BCUT2D eigenvalue weighted by Gasteiger charge is 2.34. The number of anilines is 1. The highest BCUT2D eigenvalue weighted by molar-refractivity contribution is 7.92. The quantitative estimate of drug-likeness (QED) is 0.282. The smallest absolute Gasteiger partial charge is 0.244 e. The minimum absolute atomic E-state index is 0.0171. The normalized spacial score (nSPS) is 12.6. The van der Waals surface area contributed by atoms with Gasteiger partial charge in [0.2, 0.25) is 21.8 Å². The van der Waals surface area contributed by atoms with E-state index in [9.17, 15) is 18.0 Å². The number of rotatable bonds is 14. The Hall–Kier alpha value is -3.76. The molecule has 11 heteroatoms. The van der Waals surface area contributed by atoms with Gasteiger partial charge in [-0.05, 0) is 42.7 Å². The minimum Gasteiger partial charge on any atom is -0.497 e. The van der Waals surface area contributed by atoms with Crippen molar-refractivity contribution < 1.29 is 27.5 Å². The van der Waals surface area contributed by atoms with E-state index in [1.807, 2.05) is 44.2 Å². The molecule has 0 radical (unpaired) electrons. The van der Waals surface area contributed by atoms with E-state index >= 15 is 0 Å². The van der Waals surface area contributed by atoms with Crippen LogP contribution in [0, 0.1) is 0 Å². The van der Waals surface area contributed by atoms with Crippen LogP contribution in [0.25, 0.3) is 0 Å². The topological polar surface area (TPSA) is 105 Å². The van der Waals surface area contributed by atoms with Gasteiger partial charge in [0, 0.05) is 30.1 Å². The summed E-state index contributed by atoms with van der Waals surface area (Å²) in [6, 6.07) is 20.0. The average molecular weight is 616 g/mol. The van der Waals surface area contributed by atoms with Gasteiger partial charge in [0.1, 0.15) is 24.1 Å². The largest absolute Gasteiger partial charge is 0.497 e. The van der Waals surface area contributed by atoms with E-state index in [0.29, 0.717) is 22.8 Å². The molecule has 0 fully saturated rings. The molecule has 0 bridgehead atoms. The molecule has 42 heavy (non-hydrogen) atoms. The fraction of sp³-hybridized carbons (Fsp3) is 0.355. The van der Waals surface area contributed by atoms with Gasteiger partial charge in [-0.15, -0.1) is 0 Å². The SMILES string of the molecule is CC[C@H](C)NC(=O)[C@@H](Cc1ccccc1)N(Cc1ccccc1Cl)C(=O)CN(c1cc(OC)ccc1OC)S(C)(=O)=O. The van der Waals surface area contributed by atoms with Crippen molar-refractivity contribution in [1.29, 1.82) is 0 Å². The van der Waals surface area contributed by atoms with E-state index in [4.69, 9.17) is 21.1 Å². The lowest BCUT2D eigenvalue weighted by atomic mass is 10.0. The van der Waals surface area contributed by atoms with Crippen molar-refractivity contribution in [2.45, 2.75) is 45.3 Å². The molecule has 0 saturated carbocycles.